The van der Waals surface area contributed by atoms with Crippen molar-refractivity contribution in [2.24, 2.45) is 5.73 Å². The van der Waals surface area contributed by atoms with Crippen LogP contribution < -0.4 is 16.4 Å². The van der Waals surface area contributed by atoms with Crippen LogP contribution in [0.3, 0.4) is 0 Å². The van der Waals surface area contributed by atoms with Crippen molar-refractivity contribution in [3.63, 3.8) is 0 Å². The zero-order valence-electron chi connectivity index (χ0n) is 19.9. The Balaban J connectivity index is 1.70. The smallest absolute Gasteiger partial charge is 0.325 e. The quantitative estimate of drug-likeness (QED) is 0.321. The molecule has 4 aromatic rings. The lowest BCUT2D eigenvalue weighted by Gasteiger charge is -2.10. The first kappa shape index (κ1) is 24.0. The van der Waals surface area contributed by atoms with E-state index in [1.165, 1.54) is 0 Å². The maximum Gasteiger partial charge on any atom is 0.325 e. The number of pyridine rings is 1. The van der Waals surface area contributed by atoms with Gasteiger partial charge in [0.25, 0.3) is 5.91 Å². The highest BCUT2D eigenvalue weighted by molar-refractivity contribution is 6.01. The summed E-state index contributed by atoms with van der Waals surface area (Å²) in [4.78, 5) is 30.1. The minimum absolute atomic E-state index is 0.0194. The van der Waals surface area contributed by atoms with Crippen molar-refractivity contribution < 1.29 is 14.3 Å². The van der Waals surface area contributed by atoms with Gasteiger partial charge in [-0.1, -0.05) is 48.5 Å². The van der Waals surface area contributed by atoms with E-state index in [2.05, 4.69) is 10.6 Å². The molecular weight excluding hydrogens is 442 g/mol. The third-order valence-corrected chi connectivity index (χ3v) is 5.68. The van der Waals surface area contributed by atoms with Crippen LogP contribution in [0.4, 0.5) is 5.82 Å². The molecule has 0 bridgehead atoms. The van der Waals surface area contributed by atoms with Crippen molar-refractivity contribution in [2.45, 2.75) is 26.9 Å². The molecule has 0 saturated heterocycles. The number of nitrogens with one attached hydrogen (secondary N) is 2. The lowest BCUT2D eigenvalue weighted by Crippen LogP contribution is -2.23. The number of benzene rings is 2. The molecule has 0 unspecified atom stereocenters. The van der Waals surface area contributed by atoms with Gasteiger partial charge in [0.1, 0.15) is 18.1 Å². The maximum atomic E-state index is 13.2. The Bertz CT molecular complexity index is 1360. The second-order valence-corrected chi connectivity index (χ2v) is 8.10. The maximum absolute atomic E-state index is 13.2. The van der Waals surface area contributed by atoms with Gasteiger partial charge in [0.15, 0.2) is 5.65 Å². The van der Waals surface area contributed by atoms with Gasteiger partial charge in [-0.15, -0.1) is 0 Å². The van der Waals surface area contributed by atoms with E-state index in [-0.39, 0.29) is 18.4 Å². The van der Waals surface area contributed by atoms with Gasteiger partial charge in [-0.3, -0.25) is 14.0 Å². The average molecular weight is 472 g/mol. The second-order valence-electron chi connectivity index (χ2n) is 8.10. The van der Waals surface area contributed by atoms with E-state index < -0.39 is 0 Å². The molecule has 0 spiro atoms. The van der Waals surface area contributed by atoms with E-state index in [4.69, 9.17) is 15.5 Å². The number of hydrogen-bond donors (Lipinski definition) is 3. The second kappa shape index (κ2) is 10.8. The van der Waals surface area contributed by atoms with Crippen molar-refractivity contribution in [3.8, 4) is 11.3 Å². The molecule has 8 nitrogen and oxygen atoms in total. The molecule has 0 aliphatic carbocycles. The number of aryl methyl sites for hydroxylation is 1. The van der Waals surface area contributed by atoms with Crippen LogP contribution in [0.1, 0.15) is 34.0 Å². The fourth-order valence-corrected chi connectivity index (χ4v) is 3.95. The van der Waals surface area contributed by atoms with Gasteiger partial charge < -0.3 is 21.1 Å². The van der Waals surface area contributed by atoms with E-state index >= 15 is 0 Å². The molecule has 2 aromatic carbocycles. The number of rotatable bonds is 9. The molecule has 0 aliphatic rings. The van der Waals surface area contributed by atoms with Crippen molar-refractivity contribution in [2.75, 3.05) is 18.5 Å². The minimum atomic E-state index is -0.369. The van der Waals surface area contributed by atoms with Crippen LogP contribution in [0, 0.1) is 6.92 Å². The lowest BCUT2D eigenvalue weighted by molar-refractivity contribution is -0.140. The van der Waals surface area contributed by atoms with E-state index in [0.717, 1.165) is 22.3 Å². The number of nitrogens with two attached hydrogens (primary N) is 1. The zero-order chi connectivity index (χ0) is 24.8. The molecule has 180 valence electrons. The summed E-state index contributed by atoms with van der Waals surface area (Å²) in [5.41, 5.74) is 11.2. The molecule has 0 atom stereocenters. The van der Waals surface area contributed by atoms with E-state index in [9.17, 15) is 9.59 Å². The van der Waals surface area contributed by atoms with Crippen LogP contribution >= 0.6 is 0 Å². The Morgan fingerprint density at radius 1 is 1.06 bits per heavy atom. The normalized spacial score (nSPS) is 10.8. The van der Waals surface area contributed by atoms with Gasteiger partial charge in [0.2, 0.25) is 0 Å². The fourth-order valence-electron chi connectivity index (χ4n) is 3.95. The third-order valence-electron chi connectivity index (χ3n) is 5.68. The SMILES string of the molecule is CCOC(=O)CNc1c(-c2ccccc2C)nc2c(C(=O)NCc3cccc(CN)c3)cccn12. The number of esters is 1. The first-order valence-electron chi connectivity index (χ1n) is 11.5. The molecule has 4 N–H and O–H groups in total. The van der Waals surface area contributed by atoms with Crippen LogP contribution in [0.15, 0.2) is 66.9 Å². The fraction of sp³-hybridized carbons (Fsp3) is 0.222. The summed E-state index contributed by atoms with van der Waals surface area (Å²) in [5.74, 6) is 0.00599. The molecule has 0 fully saturated rings. The molecule has 0 saturated carbocycles. The summed E-state index contributed by atoms with van der Waals surface area (Å²) >= 11 is 0. The molecule has 0 radical (unpaired) electrons. The molecule has 4 rings (SSSR count). The third kappa shape index (κ3) is 5.33. The molecule has 0 aliphatic heterocycles. The minimum Gasteiger partial charge on any atom is -0.465 e. The highest BCUT2D eigenvalue weighted by Crippen LogP contribution is 2.32. The number of ether oxygens (including phenoxy) is 1. The summed E-state index contributed by atoms with van der Waals surface area (Å²) in [6.07, 6.45) is 1.82. The summed E-state index contributed by atoms with van der Waals surface area (Å²) in [7, 11) is 0. The monoisotopic (exact) mass is 471 g/mol. The summed E-state index contributed by atoms with van der Waals surface area (Å²) in [5, 5.41) is 6.14. The highest BCUT2D eigenvalue weighted by Gasteiger charge is 2.20. The first-order chi connectivity index (χ1) is 17.0. The van der Waals surface area contributed by atoms with Gasteiger partial charge in [0.05, 0.1) is 12.2 Å². The molecule has 1 amide bonds. The van der Waals surface area contributed by atoms with Crippen LogP contribution in [-0.4, -0.2) is 34.4 Å². The van der Waals surface area contributed by atoms with Gasteiger partial charge >= 0.3 is 5.97 Å². The standard InChI is InChI=1S/C27H29N5O3/c1-3-35-23(33)17-29-26-24(21-11-5-4-8-18(21)2)31-25-22(12-7-13-32(25)26)27(34)30-16-20-10-6-9-19(14-20)15-28/h4-14,29H,3,15-17,28H2,1-2H3,(H,30,34). The summed E-state index contributed by atoms with van der Waals surface area (Å²) in [6, 6.07) is 19.2. The van der Waals surface area contributed by atoms with Crippen LogP contribution in [0.5, 0.6) is 0 Å². The Kier molecular flexibility index (Phi) is 7.42. The predicted molar refractivity (Wildman–Crippen MR) is 136 cm³/mol. The number of aromatic nitrogens is 2. The van der Waals surface area contributed by atoms with Crippen LogP contribution in [0.25, 0.3) is 16.9 Å². The Labute approximate surface area is 204 Å². The molecule has 2 heterocycles. The van der Waals surface area contributed by atoms with Crippen LogP contribution in [0.2, 0.25) is 0 Å². The van der Waals surface area contributed by atoms with Gasteiger partial charge in [0, 0.05) is 24.8 Å². The van der Waals surface area contributed by atoms with E-state index in [0.29, 0.717) is 42.4 Å². The van der Waals surface area contributed by atoms with Gasteiger partial charge in [-0.25, -0.2) is 4.98 Å². The van der Waals surface area contributed by atoms with Gasteiger partial charge in [-0.05, 0) is 42.7 Å². The van der Waals surface area contributed by atoms with Crippen LogP contribution in [-0.2, 0) is 22.6 Å². The number of fused-ring (bicyclic) bond motifs is 1. The van der Waals surface area contributed by atoms with Crippen molar-refractivity contribution in [1.82, 2.24) is 14.7 Å². The molecule has 2 aromatic heterocycles. The van der Waals surface area contributed by atoms with Crippen molar-refractivity contribution >= 4 is 23.3 Å². The number of anilines is 1. The Morgan fingerprint density at radius 3 is 2.63 bits per heavy atom. The van der Waals surface area contributed by atoms with Gasteiger partial charge in [-0.2, -0.15) is 0 Å². The number of hydrogen-bond acceptors (Lipinski definition) is 6. The molecular formula is C27H29N5O3. The molecule has 8 heteroatoms. The summed E-state index contributed by atoms with van der Waals surface area (Å²) < 4.78 is 6.87. The topological polar surface area (TPSA) is 111 Å². The van der Waals surface area contributed by atoms with E-state index in [1.54, 1.807) is 23.5 Å². The summed E-state index contributed by atoms with van der Waals surface area (Å²) in [6.45, 7) is 4.86. The highest BCUT2D eigenvalue weighted by atomic mass is 16.5. The number of amides is 1. The van der Waals surface area contributed by atoms with Crippen molar-refractivity contribution in [3.05, 3.63) is 89.1 Å². The molecule has 35 heavy (non-hydrogen) atoms. The average Bonchev–Trinajstić information content (AvgIpc) is 3.25. The number of carbonyl (C=O) groups is 2. The predicted octanol–water partition coefficient (Wildman–Crippen LogP) is 3.67. The Hall–Kier alpha value is -4.17. The number of carbonyl (C=O) groups excluding carboxylic acids is 2. The van der Waals surface area contributed by atoms with E-state index in [1.807, 2.05) is 61.7 Å². The largest absolute Gasteiger partial charge is 0.465 e. The van der Waals surface area contributed by atoms with Crippen molar-refractivity contribution in [1.29, 1.82) is 0 Å². The lowest BCUT2D eigenvalue weighted by atomic mass is 10.1. The Morgan fingerprint density at radius 2 is 1.86 bits per heavy atom. The number of nitrogens with zero attached hydrogens (tertiary/aromatic N) is 2. The number of imidazole rings is 1. The first-order valence-corrected chi connectivity index (χ1v) is 11.5. The zero-order valence-corrected chi connectivity index (χ0v) is 19.9.